The van der Waals surface area contributed by atoms with Gasteiger partial charge in [0.1, 0.15) is 11.4 Å². The largest absolute Gasteiger partial charge is 0.439 e. The van der Waals surface area contributed by atoms with E-state index in [0.717, 1.165) is 22.6 Å². The maximum Gasteiger partial charge on any atom is 0.222 e. The van der Waals surface area contributed by atoms with Crippen molar-refractivity contribution in [2.45, 2.75) is 39.5 Å². The van der Waals surface area contributed by atoms with Crippen LogP contribution in [-0.2, 0) is 18.3 Å². The summed E-state index contributed by atoms with van der Waals surface area (Å²) in [6, 6.07) is 18.3. The number of nitrogens with zero attached hydrogens (tertiary/aromatic N) is 3. The lowest BCUT2D eigenvalue weighted by atomic mass is 10.1. The predicted octanol–water partition coefficient (Wildman–Crippen LogP) is 4.96. The maximum atomic E-state index is 10.5. The molecule has 0 aliphatic rings. The number of ether oxygens (including phenoxy) is 2. The lowest BCUT2D eigenvalue weighted by molar-refractivity contribution is 0.0177. The predicted molar refractivity (Wildman–Crippen MR) is 132 cm³/mol. The number of aromatic nitrogens is 2. The highest BCUT2D eigenvalue weighted by Crippen LogP contribution is 2.34. The minimum Gasteiger partial charge on any atom is -0.439 e. The summed E-state index contributed by atoms with van der Waals surface area (Å²) in [5, 5.41) is 15.4. The Morgan fingerprint density at radius 2 is 1.82 bits per heavy atom. The molecule has 1 aromatic heterocycles. The molecule has 1 N–H and O–H groups in total. The molecule has 0 saturated carbocycles. The van der Waals surface area contributed by atoms with E-state index in [2.05, 4.69) is 44.4 Å². The Bertz CT molecular complexity index is 1010. The van der Waals surface area contributed by atoms with Crippen LogP contribution >= 0.6 is 0 Å². The summed E-state index contributed by atoms with van der Waals surface area (Å²) in [5.41, 5.74) is 4.07. The highest BCUT2D eigenvalue weighted by molar-refractivity contribution is 5.65. The van der Waals surface area contributed by atoms with Gasteiger partial charge in [0.2, 0.25) is 5.88 Å². The van der Waals surface area contributed by atoms with Crippen LogP contribution in [0.3, 0.4) is 0 Å². The fraction of sp³-hybridized carbons (Fsp3) is 0.370. The minimum atomic E-state index is -0.606. The van der Waals surface area contributed by atoms with Crippen LogP contribution in [0.1, 0.15) is 25.0 Å². The van der Waals surface area contributed by atoms with Crippen LogP contribution in [0.15, 0.2) is 67.3 Å². The van der Waals surface area contributed by atoms with Crippen LogP contribution in [0.2, 0.25) is 0 Å². The second kappa shape index (κ2) is 11.8. The molecule has 0 amide bonds. The lowest BCUT2D eigenvalue weighted by Crippen LogP contribution is -2.39. The monoisotopic (exact) mass is 449 g/mol. The van der Waals surface area contributed by atoms with E-state index >= 15 is 0 Å². The molecule has 3 aromatic rings. The van der Waals surface area contributed by atoms with Crippen LogP contribution in [0.4, 0.5) is 0 Å². The molecule has 2 aromatic carbocycles. The van der Waals surface area contributed by atoms with E-state index < -0.39 is 6.10 Å². The zero-order valence-corrected chi connectivity index (χ0v) is 20.1. The molecule has 176 valence electrons. The van der Waals surface area contributed by atoms with Crippen LogP contribution in [-0.4, -0.2) is 51.7 Å². The molecular weight excluding hydrogens is 414 g/mol. The molecule has 33 heavy (non-hydrogen) atoms. The van der Waals surface area contributed by atoms with Gasteiger partial charge in [-0.05, 0) is 32.9 Å². The van der Waals surface area contributed by atoms with Gasteiger partial charge in [0.05, 0.1) is 24.9 Å². The molecule has 0 spiro atoms. The van der Waals surface area contributed by atoms with Crippen molar-refractivity contribution in [1.29, 1.82) is 0 Å². The third kappa shape index (κ3) is 6.78. The van der Waals surface area contributed by atoms with Gasteiger partial charge in [-0.25, -0.2) is 4.68 Å². The Morgan fingerprint density at radius 3 is 2.45 bits per heavy atom. The van der Waals surface area contributed by atoms with Gasteiger partial charge < -0.3 is 14.6 Å². The average Bonchev–Trinajstić information content (AvgIpc) is 3.10. The third-order valence-electron chi connectivity index (χ3n) is 5.45. The summed E-state index contributed by atoms with van der Waals surface area (Å²) < 4.78 is 13.6. The van der Waals surface area contributed by atoms with Gasteiger partial charge >= 0.3 is 0 Å². The summed E-state index contributed by atoms with van der Waals surface area (Å²) >= 11 is 0. The van der Waals surface area contributed by atoms with Crippen LogP contribution in [0.5, 0.6) is 11.6 Å². The van der Waals surface area contributed by atoms with Gasteiger partial charge in [0, 0.05) is 31.7 Å². The van der Waals surface area contributed by atoms with Crippen molar-refractivity contribution >= 4 is 0 Å². The van der Waals surface area contributed by atoms with E-state index in [0.29, 0.717) is 25.6 Å². The number of aliphatic hydroxyl groups is 1. The molecule has 0 fully saturated rings. The highest BCUT2D eigenvalue weighted by Gasteiger charge is 2.24. The van der Waals surface area contributed by atoms with E-state index in [1.807, 2.05) is 49.5 Å². The Morgan fingerprint density at radius 1 is 1.12 bits per heavy atom. The topological polar surface area (TPSA) is 59.8 Å². The van der Waals surface area contributed by atoms with E-state index in [1.165, 1.54) is 5.56 Å². The quantitative estimate of drug-likeness (QED) is 0.313. The van der Waals surface area contributed by atoms with Crippen molar-refractivity contribution in [3.05, 3.63) is 78.4 Å². The van der Waals surface area contributed by atoms with Gasteiger partial charge in [-0.15, -0.1) is 6.58 Å². The zero-order valence-electron chi connectivity index (χ0n) is 20.1. The second-order valence-electron chi connectivity index (χ2n) is 8.54. The van der Waals surface area contributed by atoms with Gasteiger partial charge in [0.25, 0.3) is 0 Å². The number of rotatable bonds is 12. The van der Waals surface area contributed by atoms with Crippen molar-refractivity contribution < 1.29 is 14.6 Å². The van der Waals surface area contributed by atoms with Crippen LogP contribution < -0.4 is 4.74 Å². The average molecular weight is 450 g/mol. The second-order valence-corrected chi connectivity index (χ2v) is 8.54. The molecular formula is C27H35N3O3. The van der Waals surface area contributed by atoms with E-state index in [4.69, 9.17) is 14.6 Å². The standard InChI is InChI=1S/C27H35N3O3/c1-6-16-32-19-23(31)17-30(20(2)3)18-25-26(22-10-8-7-9-11-22)28-29(5)27(25)33-24-14-12-21(4)13-15-24/h6-15,20,23,31H,1,16-19H2,2-5H3/t23-/m1/s1. The van der Waals surface area contributed by atoms with Gasteiger partial charge in [-0.1, -0.05) is 54.1 Å². The molecule has 0 radical (unpaired) electrons. The number of benzene rings is 2. The Labute approximate surface area is 197 Å². The maximum absolute atomic E-state index is 10.5. The Hall–Kier alpha value is -2.93. The van der Waals surface area contributed by atoms with E-state index in [-0.39, 0.29) is 12.6 Å². The molecule has 0 unspecified atom stereocenters. The lowest BCUT2D eigenvalue weighted by Gasteiger charge is -2.29. The first-order valence-electron chi connectivity index (χ1n) is 11.4. The van der Waals surface area contributed by atoms with Crippen molar-refractivity contribution in [3.63, 3.8) is 0 Å². The molecule has 0 saturated heterocycles. The van der Waals surface area contributed by atoms with Crippen LogP contribution in [0.25, 0.3) is 11.3 Å². The van der Waals surface area contributed by atoms with Crippen molar-refractivity contribution in [2.24, 2.45) is 7.05 Å². The molecule has 0 aliphatic carbocycles. The zero-order chi connectivity index (χ0) is 23.8. The number of aliphatic hydroxyl groups excluding tert-OH is 1. The van der Waals surface area contributed by atoms with Crippen molar-refractivity contribution in [1.82, 2.24) is 14.7 Å². The molecule has 6 nitrogen and oxygen atoms in total. The first-order valence-corrected chi connectivity index (χ1v) is 11.4. The fourth-order valence-electron chi connectivity index (χ4n) is 3.64. The first kappa shape index (κ1) is 24.7. The van der Waals surface area contributed by atoms with Crippen molar-refractivity contribution in [3.8, 4) is 22.9 Å². The minimum absolute atomic E-state index is 0.204. The Kier molecular flexibility index (Phi) is 8.83. The van der Waals surface area contributed by atoms with Crippen molar-refractivity contribution in [2.75, 3.05) is 19.8 Å². The summed E-state index contributed by atoms with van der Waals surface area (Å²) in [6.07, 6.45) is 1.08. The Balaban J connectivity index is 1.93. The summed E-state index contributed by atoms with van der Waals surface area (Å²) in [6.45, 7) is 11.7. The highest BCUT2D eigenvalue weighted by atomic mass is 16.5. The number of hydrogen-bond acceptors (Lipinski definition) is 5. The third-order valence-corrected chi connectivity index (χ3v) is 5.45. The molecule has 0 bridgehead atoms. The molecule has 3 rings (SSSR count). The first-order chi connectivity index (χ1) is 15.9. The number of aryl methyl sites for hydroxylation is 2. The fourth-order valence-corrected chi connectivity index (χ4v) is 3.64. The van der Waals surface area contributed by atoms with Gasteiger partial charge in [-0.3, -0.25) is 4.90 Å². The van der Waals surface area contributed by atoms with E-state index in [9.17, 15) is 5.11 Å². The SMILES string of the molecule is C=CCOC[C@H](O)CN(Cc1c(-c2ccccc2)nn(C)c1Oc1ccc(C)cc1)C(C)C. The smallest absolute Gasteiger partial charge is 0.222 e. The molecule has 1 atom stereocenters. The molecule has 6 heteroatoms. The summed E-state index contributed by atoms with van der Waals surface area (Å²) in [5.74, 6) is 1.46. The van der Waals surface area contributed by atoms with E-state index in [1.54, 1.807) is 10.8 Å². The molecule has 0 aliphatic heterocycles. The molecule has 1 heterocycles. The number of hydrogen-bond donors (Lipinski definition) is 1. The van der Waals surface area contributed by atoms with Gasteiger partial charge in [-0.2, -0.15) is 5.10 Å². The normalized spacial score (nSPS) is 12.3. The van der Waals surface area contributed by atoms with Crippen LogP contribution in [0, 0.1) is 6.92 Å². The summed E-state index contributed by atoms with van der Waals surface area (Å²) in [7, 11) is 1.90. The van der Waals surface area contributed by atoms with Gasteiger partial charge in [0.15, 0.2) is 0 Å². The summed E-state index contributed by atoms with van der Waals surface area (Å²) in [4.78, 5) is 2.22.